The van der Waals surface area contributed by atoms with Crippen molar-refractivity contribution in [3.8, 4) is 11.6 Å². The Hall–Kier alpha value is -2.55. The number of rotatable bonds is 2. The normalized spacial score (nSPS) is 13.9. The average molecular weight is 332 g/mol. The lowest BCUT2D eigenvalue weighted by molar-refractivity contribution is 0.415. The number of aromatic nitrogens is 2. The van der Waals surface area contributed by atoms with Gasteiger partial charge in [0, 0.05) is 28.9 Å². The monoisotopic (exact) mass is 332 g/mol. The van der Waals surface area contributed by atoms with E-state index in [1.165, 1.54) is 22.2 Å². The van der Waals surface area contributed by atoms with Gasteiger partial charge in [0.2, 0.25) is 0 Å². The van der Waals surface area contributed by atoms with Gasteiger partial charge in [-0.2, -0.15) is 0 Å². The van der Waals surface area contributed by atoms with Gasteiger partial charge in [-0.25, -0.2) is 4.98 Å². The molecule has 1 aromatic carbocycles. The summed E-state index contributed by atoms with van der Waals surface area (Å²) in [7, 11) is 1.72. The molecule has 0 saturated heterocycles. The molecule has 0 N–H and O–H groups in total. The Balaban J connectivity index is 2.03. The number of fused-ring (bicyclic) bond motifs is 3. The average Bonchev–Trinajstić information content (AvgIpc) is 2.94. The maximum Gasteiger partial charge on any atom is 0.137 e. The lowest BCUT2D eigenvalue weighted by Crippen LogP contribution is -2.13. The Morgan fingerprint density at radius 2 is 1.96 bits per heavy atom. The fraction of sp³-hybridized carbons (Fsp3) is 0.318. The molecule has 25 heavy (non-hydrogen) atoms. The van der Waals surface area contributed by atoms with E-state index in [1.54, 1.807) is 7.11 Å². The Morgan fingerprint density at radius 1 is 1.12 bits per heavy atom. The van der Waals surface area contributed by atoms with Crippen LogP contribution in [0, 0.1) is 0 Å². The molecule has 0 radical (unpaired) electrons. The highest BCUT2D eigenvalue weighted by Crippen LogP contribution is 2.36. The van der Waals surface area contributed by atoms with Gasteiger partial charge in [0.05, 0.1) is 12.6 Å². The fourth-order valence-electron chi connectivity index (χ4n) is 3.60. The Kier molecular flexibility index (Phi) is 3.68. The van der Waals surface area contributed by atoms with E-state index >= 15 is 0 Å². The standard InChI is InChI=1S/C22H24N2O/c1-22(2,3)15-11-12-23-21(13-15)24-19-8-6-5-7-17(19)18-10-9-16(25-4)14-20(18)24/h5,7,9-14H,6,8H2,1-4H3. The SMILES string of the molecule is COc1ccc2c3c(n(-c4cc(C(C)(C)C)ccn4)c2c1)CCC=C3. The summed E-state index contributed by atoms with van der Waals surface area (Å²) in [5.41, 5.74) is 5.20. The molecule has 3 aromatic rings. The molecule has 0 atom stereocenters. The number of ether oxygens (including phenoxy) is 1. The maximum atomic E-state index is 5.47. The zero-order chi connectivity index (χ0) is 17.6. The zero-order valence-electron chi connectivity index (χ0n) is 15.3. The van der Waals surface area contributed by atoms with E-state index in [4.69, 9.17) is 9.72 Å². The highest BCUT2D eigenvalue weighted by atomic mass is 16.5. The van der Waals surface area contributed by atoms with Gasteiger partial charge >= 0.3 is 0 Å². The number of pyridine rings is 1. The lowest BCUT2D eigenvalue weighted by Gasteiger charge is -2.20. The van der Waals surface area contributed by atoms with Crippen LogP contribution in [0.25, 0.3) is 22.8 Å². The molecule has 0 spiro atoms. The van der Waals surface area contributed by atoms with Crippen molar-refractivity contribution in [3.05, 3.63) is 59.4 Å². The molecular weight excluding hydrogens is 308 g/mol. The molecule has 0 fully saturated rings. The van der Waals surface area contributed by atoms with E-state index in [0.717, 1.165) is 29.9 Å². The number of nitrogens with zero attached hydrogens (tertiary/aromatic N) is 2. The minimum atomic E-state index is 0.0955. The van der Waals surface area contributed by atoms with Crippen molar-refractivity contribution < 1.29 is 4.74 Å². The van der Waals surface area contributed by atoms with Crippen LogP contribution in [-0.4, -0.2) is 16.7 Å². The third-order valence-electron chi connectivity index (χ3n) is 4.99. The van der Waals surface area contributed by atoms with E-state index in [9.17, 15) is 0 Å². The van der Waals surface area contributed by atoms with Crippen molar-refractivity contribution >= 4 is 17.0 Å². The van der Waals surface area contributed by atoms with Crippen LogP contribution < -0.4 is 4.74 Å². The summed E-state index contributed by atoms with van der Waals surface area (Å²) in [5.74, 6) is 1.86. The highest BCUT2D eigenvalue weighted by Gasteiger charge is 2.21. The summed E-state index contributed by atoms with van der Waals surface area (Å²) in [5, 5.41) is 1.26. The summed E-state index contributed by atoms with van der Waals surface area (Å²) in [6.07, 6.45) is 8.53. The van der Waals surface area contributed by atoms with Gasteiger partial charge in [-0.3, -0.25) is 4.57 Å². The molecule has 2 heterocycles. The Labute approximate surface area is 149 Å². The molecule has 1 aliphatic carbocycles. The number of hydrogen-bond donors (Lipinski definition) is 0. The third kappa shape index (κ3) is 2.64. The van der Waals surface area contributed by atoms with Crippen molar-refractivity contribution in [1.82, 2.24) is 9.55 Å². The van der Waals surface area contributed by atoms with Crippen LogP contribution >= 0.6 is 0 Å². The van der Waals surface area contributed by atoms with Gasteiger partial charge in [0.25, 0.3) is 0 Å². The van der Waals surface area contributed by atoms with Crippen LogP contribution in [0.3, 0.4) is 0 Å². The van der Waals surface area contributed by atoms with Gasteiger partial charge in [-0.1, -0.05) is 32.9 Å². The van der Waals surface area contributed by atoms with Crippen molar-refractivity contribution in [3.63, 3.8) is 0 Å². The second kappa shape index (κ2) is 5.76. The zero-order valence-corrected chi connectivity index (χ0v) is 15.3. The van der Waals surface area contributed by atoms with Crippen LogP contribution in [0.4, 0.5) is 0 Å². The summed E-state index contributed by atoms with van der Waals surface area (Å²) >= 11 is 0. The molecule has 3 heteroatoms. The second-order valence-corrected chi connectivity index (χ2v) is 7.67. The molecule has 2 aromatic heterocycles. The molecule has 0 aliphatic heterocycles. The molecule has 0 unspecified atom stereocenters. The van der Waals surface area contributed by atoms with Crippen molar-refractivity contribution in [2.24, 2.45) is 0 Å². The van der Waals surface area contributed by atoms with Gasteiger partial charge in [0.1, 0.15) is 11.6 Å². The second-order valence-electron chi connectivity index (χ2n) is 7.67. The van der Waals surface area contributed by atoms with Crippen molar-refractivity contribution in [2.75, 3.05) is 7.11 Å². The number of hydrogen-bond acceptors (Lipinski definition) is 2. The highest BCUT2D eigenvalue weighted by molar-refractivity contribution is 5.94. The predicted octanol–water partition coefficient (Wildman–Crippen LogP) is 5.29. The summed E-state index contributed by atoms with van der Waals surface area (Å²) in [6.45, 7) is 6.71. The molecule has 128 valence electrons. The molecule has 0 bridgehead atoms. The van der Waals surface area contributed by atoms with Crippen molar-refractivity contribution in [2.45, 2.75) is 39.0 Å². The first-order chi connectivity index (χ1) is 12.0. The molecule has 1 aliphatic rings. The van der Waals surface area contributed by atoms with Gasteiger partial charge in [0.15, 0.2) is 0 Å². The van der Waals surface area contributed by atoms with E-state index in [2.05, 4.69) is 61.8 Å². The Bertz CT molecular complexity index is 974. The van der Waals surface area contributed by atoms with E-state index in [1.807, 2.05) is 12.3 Å². The summed E-state index contributed by atoms with van der Waals surface area (Å²) in [6, 6.07) is 10.6. The molecule has 3 nitrogen and oxygen atoms in total. The fourth-order valence-corrected chi connectivity index (χ4v) is 3.60. The first-order valence-corrected chi connectivity index (χ1v) is 8.84. The maximum absolute atomic E-state index is 5.47. The van der Waals surface area contributed by atoms with Crippen LogP contribution in [0.5, 0.6) is 5.75 Å². The van der Waals surface area contributed by atoms with Crippen LogP contribution in [-0.2, 0) is 11.8 Å². The van der Waals surface area contributed by atoms with E-state index in [0.29, 0.717) is 0 Å². The number of allylic oxidation sites excluding steroid dienone is 1. The quantitative estimate of drug-likeness (QED) is 0.637. The van der Waals surface area contributed by atoms with Crippen LogP contribution in [0.2, 0.25) is 0 Å². The van der Waals surface area contributed by atoms with Gasteiger partial charge < -0.3 is 4.74 Å². The smallest absolute Gasteiger partial charge is 0.137 e. The first-order valence-electron chi connectivity index (χ1n) is 8.84. The van der Waals surface area contributed by atoms with E-state index < -0.39 is 0 Å². The van der Waals surface area contributed by atoms with Gasteiger partial charge in [-0.05, 0) is 48.1 Å². The molecule has 0 saturated carbocycles. The first kappa shape index (κ1) is 15.9. The molecule has 4 rings (SSSR count). The predicted molar refractivity (Wildman–Crippen MR) is 104 cm³/mol. The molecular formula is C22H24N2O. The van der Waals surface area contributed by atoms with E-state index in [-0.39, 0.29) is 5.41 Å². The molecule has 0 amide bonds. The van der Waals surface area contributed by atoms with Gasteiger partial charge in [-0.15, -0.1) is 0 Å². The van der Waals surface area contributed by atoms with Crippen LogP contribution in [0.15, 0.2) is 42.6 Å². The number of methoxy groups -OCH3 is 1. The van der Waals surface area contributed by atoms with Crippen LogP contribution in [0.1, 0.15) is 44.0 Å². The summed E-state index contributed by atoms with van der Waals surface area (Å²) in [4.78, 5) is 4.71. The lowest BCUT2D eigenvalue weighted by atomic mass is 9.88. The largest absolute Gasteiger partial charge is 0.497 e. The Morgan fingerprint density at radius 3 is 2.72 bits per heavy atom. The van der Waals surface area contributed by atoms with Crippen molar-refractivity contribution in [1.29, 1.82) is 0 Å². The third-order valence-corrected chi connectivity index (χ3v) is 4.99. The topological polar surface area (TPSA) is 27.1 Å². The summed E-state index contributed by atoms with van der Waals surface area (Å²) < 4.78 is 7.78. The minimum absolute atomic E-state index is 0.0955. The minimum Gasteiger partial charge on any atom is -0.497 e. The number of benzene rings is 1.